The number of nitrogens with one attached hydrogen (secondary N) is 2. The highest BCUT2D eigenvalue weighted by molar-refractivity contribution is 7.80. The highest BCUT2D eigenvalue weighted by Gasteiger charge is 2.18. The molecule has 0 bridgehead atoms. The molecule has 6 nitrogen and oxygen atoms in total. The number of hydrogen-bond acceptors (Lipinski definition) is 4. The van der Waals surface area contributed by atoms with Gasteiger partial charge < -0.3 is 25.0 Å². The van der Waals surface area contributed by atoms with Crippen LogP contribution in [0.5, 0.6) is 11.5 Å². The Bertz CT molecular complexity index is 911. The van der Waals surface area contributed by atoms with E-state index in [1.54, 1.807) is 0 Å². The van der Waals surface area contributed by atoms with Crippen LogP contribution in [-0.2, 0) is 0 Å². The van der Waals surface area contributed by atoms with E-state index in [0.717, 1.165) is 48.7 Å². The van der Waals surface area contributed by atoms with Crippen molar-refractivity contribution in [1.29, 1.82) is 0 Å². The smallest absolute Gasteiger partial charge is 0.253 e. The second-order valence-electron chi connectivity index (χ2n) is 7.82. The number of anilines is 1. The molecule has 0 saturated carbocycles. The SMILES string of the molecule is CCOc1ccc([C@H](C)NC(=S)Nc2ccc(C(=O)N3CCCCC3)cc2)cc1OCC. The largest absolute Gasteiger partial charge is 0.490 e. The van der Waals surface area contributed by atoms with E-state index in [-0.39, 0.29) is 11.9 Å². The second-order valence-corrected chi connectivity index (χ2v) is 8.23. The molecule has 0 aromatic heterocycles. The molecule has 2 aromatic carbocycles. The first kappa shape index (κ1) is 23.9. The van der Waals surface area contributed by atoms with Crippen molar-refractivity contribution in [3.63, 3.8) is 0 Å². The predicted octanol–water partition coefficient (Wildman–Crippen LogP) is 5.16. The predicted molar refractivity (Wildman–Crippen MR) is 133 cm³/mol. The van der Waals surface area contributed by atoms with Gasteiger partial charge in [-0.1, -0.05) is 6.07 Å². The molecule has 7 heteroatoms. The molecule has 0 spiro atoms. The Balaban J connectivity index is 1.58. The second kappa shape index (κ2) is 11.7. The molecule has 2 aromatic rings. The molecule has 1 heterocycles. The molecule has 172 valence electrons. The number of carbonyl (C=O) groups is 1. The Hall–Kier alpha value is -2.80. The summed E-state index contributed by atoms with van der Waals surface area (Å²) in [5, 5.41) is 7.02. The van der Waals surface area contributed by atoms with Crippen molar-refractivity contribution in [2.75, 3.05) is 31.6 Å². The van der Waals surface area contributed by atoms with Gasteiger partial charge in [-0.25, -0.2) is 0 Å². The van der Waals surface area contributed by atoms with E-state index < -0.39 is 0 Å². The molecule has 1 aliphatic heterocycles. The van der Waals surface area contributed by atoms with Crippen LogP contribution in [0.2, 0.25) is 0 Å². The monoisotopic (exact) mass is 455 g/mol. The Morgan fingerprint density at radius 3 is 2.31 bits per heavy atom. The van der Waals surface area contributed by atoms with Crippen LogP contribution in [-0.4, -0.2) is 42.2 Å². The van der Waals surface area contributed by atoms with Crippen LogP contribution in [0.25, 0.3) is 0 Å². The van der Waals surface area contributed by atoms with Crippen LogP contribution < -0.4 is 20.1 Å². The number of ether oxygens (including phenoxy) is 2. The quantitative estimate of drug-likeness (QED) is 0.536. The fourth-order valence-electron chi connectivity index (χ4n) is 3.76. The van der Waals surface area contributed by atoms with Gasteiger partial charge in [-0.3, -0.25) is 4.79 Å². The fraction of sp³-hybridized carbons (Fsp3) is 0.440. The molecule has 1 fully saturated rings. The number of benzene rings is 2. The zero-order valence-electron chi connectivity index (χ0n) is 19.1. The normalized spacial score (nSPS) is 14.4. The molecule has 1 amide bonds. The molecule has 0 unspecified atom stereocenters. The van der Waals surface area contributed by atoms with Gasteiger partial charge >= 0.3 is 0 Å². The number of likely N-dealkylation sites (tertiary alicyclic amines) is 1. The number of amides is 1. The van der Waals surface area contributed by atoms with Crippen molar-refractivity contribution in [3.05, 3.63) is 53.6 Å². The minimum absolute atomic E-state index is 0.0233. The third-order valence-electron chi connectivity index (χ3n) is 5.45. The van der Waals surface area contributed by atoms with Gasteiger partial charge in [0.1, 0.15) is 0 Å². The first-order valence-corrected chi connectivity index (χ1v) is 11.8. The average molecular weight is 456 g/mol. The maximum atomic E-state index is 12.6. The van der Waals surface area contributed by atoms with Gasteiger partial charge in [-0.05, 0) is 94.2 Å². The van der Waals surface area contributed by atoms with Crippen molar-refractivity contribution in [2.24, 2.45) is 0 Å². The van der Waals surface area contributed by atoms with Gasteiger partial charge in [0, 0.05) is 24.3 Å². The van der Waals surface area contributed by atoms with Crippen molar-refractivity contribution >= 4 is 28.9 Å². The van der Waals surface area contributed by atoms with E-state index in [1.807, 2.05) is 68.1 Å². The van der Waals surface area contributed by atoms with Gasteiger partial charge in [0.2, 0.25) is 0 Å². The highest BCUT2D eigenvalue weighted by Crippen LogP contribution is 2.30. The number of piperidine rings is 1. The molecule has 0 aliphatic carbocycles. The topological polar surface area (TPSA) is 62.8 Å². The van der Waals surface area contributed by atoms with Crippen molar-refractivity contribution in [2.45, 2.75) is 46.1 Å². The zero-order chi connectivity index (χ0) is 22.9. The summed E-state index contributed by atoms with van der Waals surface area (Å²) in [6.45, 7) is 8.80. The standard InChI is InChI=1S/C25H33N3O3S/c1-4-30-22-14-11-20(17-23(22)31-5-2)18(3)26-25(32)27-21-12-9-19(10-13-21)24(29)28-15-7-6-8-16-28/h9-14,17-18H,4-8,15-16H2,1-3H3,(H2,26,27,32)/t18-/m0/s1. The fourth-order valence-corrected chi connectivity index (χ4v) is 4.05. The molecular formula is C25H33N3O3S. The van der Waals surface area contributed by atoms with Crippen LogP contribution in [0.4, 0.5) is 5.69 Å². The van der Waals surface area contributed by atoms with E-state index in [4.69, 9.17) is 21.7 Å². The summed E-state index contributed by atoms with van der Waals surface area (Å²) in [4.78, 5) is 14.6. The minimum Gasteiger partial charge on any atom is -0.490 e. The summed E-state index contributed by atoms with van der Waals surface area (Å²) in [6.07, 6.45) is 3.38. The first-order chi connectivity index (χ1) is 15.5. The minimum atomic E-state index is -0.0233. The van der Waals surface area contributed by atoms with Crippen molar-refractivity contribution in [3.8, 4) is 11.5 Å². The summed E-state index contributed by atoms with van der Waals surface area (Å²) in [7, 11) is 0. The Morgan fingerprint density at radius 1 is 1.00 bits per heavy atom. The average Bonchev–Trinajstić information content (AvgIpc) is 2.81. The molecule has 1 saturated heterocycles. The van der Waals surface area contributed by atoms with Gasteiger partial charge in [0.25, 0.3) is 5.91 Å². The highest BCUT2D eigenvalue weighted by atomic mass is 32.1. The third kappa shape index (κ3) is 6.36. The number of thiocarbonyl (C=S) groups is 1. The summed E-state index contributed by atoms with van der Waals surface area (Å²) in [5.74, 6) is 1.57. The van der Waals surface area contributed by atoms with E-state index in [1.165, 1.54) is 6.42 Å². The van der Waals surface area contributed by atoms with Gasteiger partial charge in [0.05, 0.1) is 19.3 Å². The molecule has 1 aliphatic rings. The molecule has 1 atom stereocenters. The maximum absolute atomic E-state index is 12.6. The molecule has 3 rings (SSSR count). The lowest BCUT2D eigenvalue weighted by Crippen LogP contribution is -2.35. The molecule has 32 heavy (non-hydrogen) atoms. The molecule has 0 radical (unpaired) electrons. The van der Waals surface area contributed by atoms with E-state index in [9.17, 15) is 4.79 Å². The summed E-state index contributed by atoms with van der Waals surface area (Å²) in [6, 6.07) is 13.4. The lowest BCUT2D eigenvalue weighted by Gasteiger charge is -2.26. The Labute approximate surface area is 196 Å². The molecular weight excluding hydrogens is 422 g/mol. The van der Waals surface area contributed by atoms with Crippen LogP contribution in [0.1, 0.15) is 62.0 Å². The zero-order valence-corrected chi connectivity index (χ0v) is 20.0. The Kier molecular flexibility index (Phi) is 8.73. The number of carbonyl (C=O) groups excluding carboxylic acids is 1. The summed E-state index contributed by atoms with van der Waals surface area (Å²) >= 11 is 5.50. The lowest BCUT2D eigenvalue weighted by atomic mass is 10.1. The summed E-state index contributed by atoms with van der Waals surface area (Å²) in [5.41, 5.74) is 2.60. The van der Waals surface area contributed by atoms with Crippen LogP contribution >= 0.6 is 12.2 Å². The van der Waals surface area contributed by atoms with Crippen LogP contribution in [0.15, 0.2) is 42.5 Å². The van der Waals surface area contributed by atoms with Gasteiger partial charge in [0.15, 0.2) is 16.6 Å². The Morgan fingerprint density at radius 2 is 1.66 bits per heavy atom. The number of nitrogens with zero attached hydrogens (tertiary/aromatic N) is 1. The first-order valence-electron chi connectivity index (χ1n) is 11.4. The van der Waals surface area contributed by atoms with E-state index in [2.05, 4.69) is 10.6 Å². The van der Waals surface area contributed by atoms with Gasteiger partial charge in [-0.2, -0.15) is 0 Å². The maximum Gasteiger partial charge on any atom is 0.253 e. The van der Waals surface area contributed by atoms with E-state index >= 15 is 0 Å². The van der Waals surface area contributed by atoms with Crippen molar-refractivity contribution in [1.82, 2.24) is 10.2 Å². The van der Waals surface area contributed by atoms with Crippen molar-refractivity contribution < 1.29 is 14.3 Å². The number of hydrogen-bond donors (Lipinski definition) is 2. The number of rotatable bonds is 8. The van der Waals surface area contributed by atoms with E-state index in [0.29, 0.717) is 23.9 Å². The molecule has 2 N–H and O–H groups in total. The van der Waals surface area contributed by atoms with Gasteiger partial charge in [-0.15, -0.1) is 0 Å². The third-order valence-corrected chi connectivity index (χ3v) is 5.67. The lowest BCUT2D eigenvalue weighted by molar-refractivity contribution is 0.0724. The summed E-state index contributed by atoms with van der Waals surface area (Å²) < 4.78 is 11.4. The van der Waals surface area contributed by atoms with Crippen LogP contribution in [0, 0.1) is 0 Å². The van der Waals surface area contributed by atoms with Crippen LogP contribution in [0.3, 0.4) is 0 Å².